The lowest BCUT2D eigenvalue weighted by Crippen LogP contribution is -2.54. The minimum absolute atomic E-state index is 0.00229. The fourth-order valence-corrected chi connectivity index (χ4v) is 2.60. The van der Waals surface area contributed by atoms with E-state index in [1.165, 1.54) is 0 Å². The van der Waals surface area contributed by atoms with Gasteiger partial charge in [-0.25, -0.2) is 0 Å². The molecule has 0 aromatic heterocycles. The number of nitrogens with two attached hydrogens (primary N) is 1. The molecule has 1 aromatic carbocycles. The molecule has 1 aliphatic rings. The predicted molar refractivity (Wildman–Crippen MR) is 78.0 cm³/mol. The summed E-state index contributed by atoms with van der Waals surface area (Å²) in [7, 11) is 1.81. The van der Waals surface area contributed by atoms with Crippen LogP contribution in [-0.4, -0.2) is 23.4 Å². The van der Waals surface area contributed by atoms with Crippen LogP contribution in [0.25, 0.3) is 0 Å². The van der Waals surface area contributed by atoms with Crippen molar-refractivity contribution in [3.05, 3.63) is 34.9 Å². The van der Waals surface area contributed by atoms with Crippen molar-refractivity contribution in [2.75, 3.05) is 7.05 Å². The van der Waals surface area contributed by atoms with E-state index < -0.39 is 5.54 Å². The van der Waals surface area contributed by atoms with Gasteiger partial charge in [-0.1, -0.05) is 23.7 Å². The number of benzene rings is 1. The normalized spacial score (nSPS) is 19.6. The standard InChI is InChI=1S/C15H21ClN2O/c1-10(11-5-4-6-13(16)9-11)18(3)14(19)15(2,17)12-7-8-12/h4-6,9-10,12H,7-8,17H2,1-3H3. The lowest BCUT2D eigenvalue weighted by molar-refractivity contribution is -0.137. The molecule has 0 heterocycles. The second-order valence-corrected chi connectivity index (χ2v) is 6.14. The molecule has 2 atom stereocenters. The molecule has 0 aliphatic heterocycles. The number of likely N-dealkylation sites (N-methyl/N-ethyl adjacent to an activating group) is 1. The number of amides is 1. The van der Waals surface area contributed by atoms with E-state index in [2.05, 4.69) is 0 Å². The SMILES string of the molecule is CC(c1cccc(Cl)c1)N(C)C(=O)C(C)(N)C1CC1. The maximum atomic E-state index is 12.5. The zero-order valence-electron chi connectivity index (χ0n) is 11.7. The Morgan fingerprint density at radius 2 is 2.16 bits per heavy atom. The van der Waals surface area contributed by atoms with Crippen LogP contribution < -0.4 is 5.73 Å². The lowest BCUT2D eigenvalue weighted by atomic mass is 9.94. The molecule has 104 valence electrons. The molecule has 1 aliphatic carbocycles. The summed E-state index contributed by atoms with van der Waals surface area (Å²) >= 11 is 6.00. The summed E-state index contributed by atoms with van der Waals surface area (Å²) in [5.41, 5.74) is 6.47. The first-order chi connectivity index (χ1) is 8.84. The molecule has 0 bridgehead atoms. The van der Waals surface area contributed by atoms with Crippen LogP contribution in [-0.2, 0) is 4.79 Å². The summed E-state index contributed by atoms with van der Waals surface area (Å²) in [5.74, 6) is 0.330. The highest BCUT2D eigenvalue weighted by atomic mass is 35.5. The second kappa shape index (κ2) is 5.14. The molecule has 19 heavy (non-hydrogen) atoms. The number of rotatable bonds is 4. The number of nitrogens with zero attached hydrogens (tertiary/aromatic N) is 1. The highest BCUT2D eigenvalue weighted by Crippen LogP contribution is 2.39. The Morgan fingerprint density at radius 3 is 2.68 bits per heavy atom. The molecule has 2 rings (SSSR count). The predicted octanol–water partition coefficient (Wildman–Crippen LogP) is 2.99. The van der Waals surface area contributed by atoms with Gasteiger partial charge >= 0.3 is 0 Å². The Bertz CT molecular complexity index is 483. The lowest BCUT2D eigenvalue weighted by Gasteiger charge is -2.33. The smallest absolute Gasteiger partial charge is 0.242 e. The van der Waals surface area contributed by atoms with Gasteiger partial charge in [0.15, 0.2) is 0 Å². The van der Waals surface area contributed by atoms with Gasteiger partial charge in [0.2, 0.25) is 5.91 Å². The zero-order chi connectivity index (χ0) is 14.2. The van der Waals surface area contributed by atoms with E-state index in [0.717, 1.165) is 18.4 Å². The summed E-state index contributed by atoms with van der Waals surface area (Å²) in [5, 5.41) is 0.683. The van der Waals surface area contributed by atoms with Crippen molar-refractivity contribution in [3.63, 3.8) is 0 Å². The molecule has 0 spiro atoms. The van der Waals surface area contributed by atoms with Crippen LogP contribution in [0.1, 0.15) is 38.3 Å². The summed E-state index contributed by atoms with van der Waals surface area (Å²) in [6.07, 6.45) is 2.11. The average molecular weight is 281 g/mol. The van der Waals surface area contributed by atoms with Crippen molar-refractivity contribution < 1.29 is 4.79 Å². The molecule has 4 heteroatoms. The first kappa shape index (κ1) is 14.4. The van der Waals surface area contributed by atoms with Crippen molar-refractivity contribution in [2.24, 2.45) is 11.7 Å². The molecular formula is C15H21ClN2O. The van der Waals surface area contributed by atoms with Gasteiger partial charge in [-0.05, 0) is 50.3 Å². The molecule has 2 unspecified atom stereocenters. The van der Waals surface area contributed by atoms with Gasteiger partial charge < -0.3 is 10.6 Å². The molecule has 0 radical (unpaired) electrons. The van der Waals surface area contributed by atoms with Crippen molar-refractivity contribution >= 4 is 17.5 Å². The van der Waals surface area contributed by atoms with Crippen LogP contribution in [0.15, 0.2) is 24.3 Å². The van der Waals surface area contributed by atoms with Crippen LogP contribution in [0.4, 0.5) is 0 Å². The number of hydrogen-bond donors (Lipinski definition) is 1. The summed E-state index contributed by atoms with van der Waals surface area (Å²) < 4.78 is 0. The summed E-state index contributed by atoms with van der Waals surface area (Å²) in [4.78, 5) is 14.2. The molecule has 1 aromatic rings. The minimum atomic E-state index is -0.748. The Morgan fingerprint density at radius 1 is 1.53 bits per heavy atom. The van der Waals surface area contributed by atoms with Crippen molar-refractivity contribution in [1.29, 1.82) is 0 Å². The first-order valence-electron chi connectivity index (χ1n) is 6.65. The maximum Gasteiger partial charge on any atom is 0.242 e. The highest BCUT2D eigenvalue weighted by Gasteiger charge is 2.45. The third-order valence-electron chi connectivity index (χ3n) is 4.12. The fraction of sp³-hybridized carbons (Fsp3) is 0.533. The zero-order valence-corrected chi connectivity index (χ0v) is 12.4. The van der Waals surface area contributed by atoms with E-state index in [-0.39, 0.29) is 11.9 Å². The average Bonchev–Trinajstić information content (AvgIpc) is 3.20. The number of halogens is 1. The van der Waals surface area contributed by atoms with Gasteiger partial charge in [-0.3, -0.25) is 4.79 Å². The third-order valence-corrected chi connectivity index (χ3v) is 4.35. The summed E-state index contributed by atoms with van der Waals surface area (Å²) in [6.45, 7) is 3.83. The number of carbonyl (C=O) groups excluding carboxylic acids is 1. The Balaban J connectivity index is 2.14. The fourth-order valence-electron chi connectivity index (χ4n) is 2.40. The van der Waals surface area contributed by atoms with Gasteiger partial charge in [0.1, 0.15) is 0 Å². The van der Waals surface area contributed by atoms with E-state index in [1.807, 2.05) is 38.1 Å². The Kier molecular flexibility index (Phi) is 3.88. The first-order valence-corrected chi connectivity index (χ1v) is 7.03. The van der Waals surface area contributed by atoms with Crippen LogP contribution in [0.3, 0.4) is 0 Å². The largest absolute Gasteiger partial charge is 0.337 e. The van der Waals surface area contributed by atoms with E-state index in [9.17, 15) is 4.79 Å². The van der Waals surface area contributed by atoms with Crippen molar-refractivity contribution in [1.82, 2.24) is 4.90 Å². The molecule has 1 amide bonds. The monoisotopic (exact) mass is 280 g/mol. The summed E-state index contributed by atoms with van der Waals surface area (Å²) in [6, 6.07) is 7.56. The highest BCUT2D eigenvalue weighted by molar-refractivity contribution is 6.30. The number of carbonyl (C=O) groups is 1. The van der Waals surface area contributed by atoms with Crippen LogP contribution in [0.2, 0.25) is 5.02 Å². The Hall–Kier alpha value is -1.06. The van der Waals surface area contributed by atoms with Gasteiger partial charge in [0, 0.05) is 12.1 Å². The van der Waals surface area contributed by atoms with Crippen molar-refractivity contribution in [3.8, 4) is 0 Å². The maximum absolute atomic E-state index is 12.5. The molecular weight excluding hydrogens is 260 g/mol. The third kappa shape index (κ3) is 2.93. The molecule has 3 nitrogen and oxygen atoms in total. The topological polar surface area (TPSA) is 46.3 Å². The molecule has 2 N–H and O–H groups in total. The molecule has 1 fully saturated rings. The molecule has 0 saturated heterocycles. The van der Waals surface area contributed by atoms with E-state index >= 15 is 0 Å². The minimum Gasteiger partial charge on any atom is -0.337 e. The van der Waals surface area contributed by atoms with E-state index in [0.29, 0.717) is 10.9 Å². The van der Waals surface area contributed by atoms with Gasteiger partial charge in [-0.2, -0.15) is 0 Å². The Labute approximate surface area is 119 Å². The van der Waals surface area contributed by atoms with Crippen LogP contribution in [0.5, 0.6) is 0 Å². The van der Waals surface area contributed by atoms with Gasteiger partial charge in [0.05, 0.1) is 11.6 Å². The van der Waals surface area contributed by atoms with Crippen LogP contribution in [0, 0.1) is 5.92 Å². The van der Waals surface area contributed by atoms with Crippen molar-refractivity contribution in [2.45, 2.75) is 38.3 Å². The van der Waals surface area contributed by atoms with E-state index in [4.69, 9.17) is 17.3 Å². The van der Waals surface area contributed by atoms with Gasteiger partial charge in [-0.15, -0.1) is 0 Å². The van der Waals surface area contributed by atoms with Gasteiger partial charge in [0.25, 0.3) is 0 Å². The van der Waals surface area contributed by atoms with Crippen LogP contribution >= 0.6 is 11.6 Å². The quantitative estimate of drug-likeness (QED) is 0.922. The van der Waals surface area contributed by atoms with E-state index in [1.54, 1.807) is 11.9 Å². The second-order valence-electron chi connectivity index (χ2n) is 5.70. The number of hydrogen-bond acceptors (Lipinski definition) is 2. The molecule has 1 saturated carbocycles.